The standard InChI is InChI=1S/C20H20N4O2/c1-15-7-8-18(21-12-15)20(25)23-9-10-24-17(13-23)11-19(22-24)26-14-16-5-3-2-4-6-16/h2-8,11-12H,9-10,13-14H2,1H3. The number of hydrogen-bond acceptors (Lipinski definition) is 4. The lowest BCUT2D eigenvalue weighted by atomic mass is 10.2. The van der Waals surface area contributed by atoms with E-state index in [0.717, 1.165) is 16.8 Å². The second kappa shape index (κ2) is 7.00. The average Bonchev–Trinajstić information content (AvgIpc) is 3.09. The van der Waals surface area contributed by atoms with Crippen molar-refractivity contribution in [2.75, 3.05) is 6.54 Å². The van der Waals surface area contributed by atoms with Crippen LogP contribution in [0.25, 0.3) is 0 Å². The van der Waals surface area contributed by atoms with Crippen LogP contribution in [0.2, 0.25) is 0 Å². The molecule has 0 aliphatic carbocycles. The maximum absolute atomic E-state index is 12.6. The summed E-state index contributed by atoms with van der Waals surface area (Å²) in [6, 6.07) is 15.6. The van der Waals surface area contributed by atoms with Gasteiger partial charge in [-0.25, -0.2) is 0 Å². The van der Waals surface area contributed by atoms with E-state index in [1.165, 1.54) is 0 Å². The predicted molar refractivity (Wildman–Crippen MR) is 96.7 cm³/mol. The Labute approximate surface area is 152 Å². The summed E-state index contributed by atoms with van der Waals surface area (Å²) in [5.41, 5.74) is 3.59. The van der Waals surface area contributed by atoms with Crippen molar-refractivity contribution in [1.29, 1.82) is 0 Å². The zero-order chi connectivity index (χ0) is 17.9. The van der Waals surface area contributed by atoms with E-state index in [2.05, 4.69) is 10.1 Å². The number of ether oxygens (including phenoxy) is 1. The topological polar surface area (TPSA) is 60.2 Å². The Morgan fingerprint density at radius 3 is 2.77 bits per heavy atom. The van der Waals surface area contributed by atoms with Crippen LogP contribution in [-0.2, 0) is 19.7 Å². The van der Waals surface area contributed by atoms with E-state index < -0.39 is 0 Å². The number of hydrogen-bond donors (Lipinski definition) is 0. The first kappa shape index (κ1) is 16.3. The van der Waals surface area contributed by atoms with Crippen LogP contribution in [0.5, 0.6) is 5.88 Å². The fourth-order valence-electron chi connectivity index (χ4n) is 2.97. The fraction of sp³-hybridized carbons (Fsp3) is 0.250. The average molecular weight is 348 g/mol. The van der Waals surface area contributed by atoms with E-state index in [1.807, 2.05) is 54.1 Å². The molecule has 0 spiro atoms. The van der Waals surface area contributed by atoms with Crippen molar-refractivity contribution in [3.05, 3.63) is 77.2 Å². The van der Waals surface area contributed by atoms with Gasteiger partial charge in [0.1, 0.15) is 12.3 Å². The number of fused-ring (bicyclic) bond motifs is 1. The third kappa shape index (κ3) is 3.44. The van der Waals surface area contributed by atoms with Crippen molar-refractivity contribution < 1.29 is 9.53 Å². The molecule has 6 heteroatoms. The first-order chi connectivity index (χ1) is 12.7. The molecule has 1 amide bonds. The minimum atomic E-state index is -0.0517. The Hall–Kier alpha value is -3.15. The molecule has 1 aliphatic rings. The van der Waals surface area contributed by atoms with E-state index in [0.29, 0.717) is 37.8 Å². The number of benzene rings is 1. The molecule has 2 aromatic heterocycles. The third-order valence-electron chi connectivity index (χ3n) is 4.42. The lowest BCUT2D eigenvalue weighted by Gasteiger charge is -2.27. The molecule has 132 valence electrons. The molecule has 0 unspecified atom stereocenters. The molecule has 26 heavy (non-hydrogen) atoms. The number of carbonyl (C=O) groups excluding carboxylic acids is 1. The minimum Gasteiger partial charge on any atom is -0.472 e. The molecule has 4 rings (SSSR count). The molecule has 0 N–H and O–H groups in total. The summed E-state index contributed by atoms with van der Waals surface area (Å²) in [6.45, 7) is 4.21. The number of rotatable bonds is 4. The van der Waals surface area contributed by atoms with Gasteiger partial charge in [-0.05, 0) is 24.1 Å². The molecule has 3 aromatic rings. The molecule has 0 saturated carbocycles. The van der Waals surface area contributed by atoms with E-state index in [9.17, 15) is 4.79 Å². The molecule has 1 aromatic carbocycles. The number of carbonyl (C=O) groups is 1. The number of pyridine rings is 1. The fourth-order valence-corrected chi connectivity index (χ4v) is 2.97. The zero-order valence-electron chi connectivity index (χ0n) is 14.6. The van der Waals surface area contributed by atoms with Gasteiger partial charge in [0.15, 0.2) is 0 Å². The van der Waals surface area contributed by atoms with Crippen molar-refractivity contribution in [3.8, 4) is 5.88 Å². The molecular weight excluding hydrogens is 328 g/mol. The van der Waals surface area contributed by atoms with Gasteiger partial charge in [0.2, 0.25) is 5.88 Å². The summed E-state index contributed by atoms with van der Waals surface area (Å²) in [4.78, 5) is 18.7. The number of amides is 1. The number of aromatic nitrogens is 3. The van der Waals surface area contributed by atoms with Crippen molar-refractivity contribution in [3.63, 3.8) is 0 Å². The third-order valence-corrected chi connectivity index (χ3v) is 4.42. The Balaban J connectivity index is 1.43. The lowest BCUT2D eigenvalue weighted by Crippen LogP contribution is -2.38. The van der Waals surface area contributed by atoms with Crippen LogP contribution in [0.15, 0.2) is 54.7 Å². The highest BCUT2D eigenvalue weighted by Gasteiger charge is 2.24. The van der Waals surface area contributed by atoms with Gasteiger partial charge in [0.05, 0.1) is 18.8 Å². The van der Waals surface area contributed by atoms with Crippen molar-refractivity contribution in [2.45, 2.75) is 26.6 Å². The summed E-state index contributed by atoms with van der Waals surface area (Å²) >= 11 is 0. The van der Waals surface area contributed by atoms with Gasteiger partial charge in [0.25, 0.3) is 5.91 Å². The molecule has 1 aliphatic heterocycles. The first-order valence-corrected chi connectivity index (χ1v) is 8.64. The summed E-state index contributed by atoms with van der Waals surface area (Å²) in [6.07, 6.45) is 1.72. The normalized spacial score (nSPS) is 13.3. The summed E-state index contributed by atoms with van der Waals surface area (Å²) < 4.78 is 7.70. The van der Waals surface area contributed by atoms with E-state index in [1.54, 1.807) is 17.2 Å². The van der Waals surface area contributed by atoms with Crippen LogP contribution < -0.4 is 4.74 Å². The van der Waals surface area contributed by atoms with Crippen LogP contribution in [0.4, 0.5) is 0 Å². The first-order valence-electron chi connectivity index (χ1n) is 8.64. The zero-order valence-corrected chi connectivity index (χ0v) is 14.6. The molecule has 0 atom stereocenters. The Morgan fingerprint density at radius 1 is 1.15 bits per heavy atom. The highest BCUT2D eigenvalue weighted by Crippen LogP contribution is 2.20. The summed E-state index contributed by atoms with van der Waals surface area (Å²) in [5, 5.41) is 4.48. The molecule has 0 bridgehead atoms. The van der Waals surface area contributed by atoms with Crippen molar-refractivity contribution >= 4 is 5.91 Å². The van der Waals surface area contributed by atoms with Crippen molar-refractivity contribution in [1.82, 2.24) is 19.7 Å². The highest BCUT2D eigenvalue weighted by atomic mass is 16.5. The Kier molecular flexibility index (Phi) is 4.39. The van der Waals surface area contributed by atoms with E-state index >= 15 is 0 Å². The second-order valence-corrected chi connectivity index (χ2v) is 6.42. The maximum atomic E-state index is 12.6. The SMILES string of the molecule is Cc1ccc(C(=O)N2CCn3nc(OCc4ccccc4)cc3C2)nc1. The van der Waals surface area contributed by atoms with Crippen LogP contribution in [0.1, 0.15) is 27.3 Å². The molecule has 6 nitrogen and oxygen atoms in total. The largest absolute Gasteiger partial charge is 0.472 e. The van der Waals surface area contributed by atoms with Crippen LogP contribution in [-0.4, -0.2) is 32.1 Å². The molecular formula is C20H20N4O2. The van der Waals surface area contributed by atoms with Gasteiger partial charge < -0.3 is 9.64 Å². The van der Waals surface area contributed by atoms with Crippen LogP contribution in [0, 0.1) is 6.92 Å². The Morgan fingerprint density at radius 2 is 2.00 bits per heavy atom. The van der Waals surface area contributed by atoms with Crippen molar-refractivity contribution in [2.24, 2.45) is 0 Å². The number of nitrogens with zero attached hydrogens (tertiary/aromatic N) is 4. The smallest absolute Gasteiger partial charge is 0.272 e. The predicted octanol–water partition coefficient (Wildman–Crippen LogP) is 2.82. The summed E-state index contributed by atoms with van der Waals surface area (Å²) in [7, 11) is 0. The van der Waals surface area contributed by atoms with Gasteiger partial charge in [0, 0.05) is 18.8 Å². The van der Waals surface area contributed by atoms with Gasteiger partial charge in [-0.2, -0.15) is 0 Å². The Bertz CT molecular complexity index is 903. The van der Waals surface area contributed by atoms with E-state index in [4.69, 9.17) is 4.74 Å². The van der Waals surface area contributed by atoms with Gasteiger partial charge in [-0.1, -0.05) is 36.4 Å². The van der Waals surface area contributed by atoms with Gasteiger partial charge in [-0.3, -0.25) is 14.5 Å². The molecule has 0 radical (unpaired) electrons. The molecule has 0 fully saturated rings. The number of aryl methyl sites for hydroxylation is 1. The second-order valence-electron chi connectivity index (χ2n) is 6.42. The van der Waals surface area contributed by atoms with Gasteiger partial charge in [-0.15, -0.1) is 5.10 Å². The summed E-state index contributed by atoms with van der Waals surface area (Å²) in [5.74, 6) is 0.538. The maximum Gasteiger partial charge on any atom is 0.272 e. The van der Waals surface area contributed by atoms with Crippen LogP contribution in [0.3, 0.4) is 0 Å². The van der Waals surface area contributed by atoms with Crippen LogP contribution >= 0.6 is 0 Å². The minimum absolute atomic E-state index is 0.0517. The lowest BCUT2D eigenvalue weighted by molar-refractivity contribution is 0.0700. The quantitative estimate of drug-likeness (QED) is 0.727. The molecule has 0 saturated heterocycles. The van der Waals surface area contributed by atoms with E-state index in [-0.39, 0.29) is 5.91 Å². The highest BCUT2D eigenvalue weighted by molar-refractivity contribution is 5.92. The van der Waals surface area contributed by atoms with Gasteiger partial charge >= 0.3 is 0 Å². The monoisotopic (exact) mass is 348 g/mol. The molecule has 3 heterocycles.